The molecule has 0 heterocycles. The second-order valence-corrected chi connectivity index (χ2v) is 15.2. The lowest BCUT2D eigenvalue weighted by molar-refractivity contribution is 0.188. The highest BCUT2D eigenvalue weighted by Gasteiger charge is 2.43. The van der Waals surface area contributed by atoms with E-state index in [-0.39, 0.29) is 16.8 Å². The lowest BCUT2D eigenvalue weighted by atomic mass is 10.2. The van der Waals surface area contributed by atoms with Gasteiger partial charge in [-0.3, -0.25) is 4.57 Å². The third kappa shape index (κ3) is 4.69. The maximum absolute atomic E-state index is 12.4. The molecular weight excluding hydrogens is 287 g/mol. The largest absolute Gasteiger partial charge is 0.414 e. The van der Waals surface area contributed by atoms with Crippen LogP contribution in [-0.4, -0.2) is 31.1 Å². The van der Waals surface area contributed by atoms with Crippen molar-refractivity contribution in [2.24, 2.45) is 0 Å². The molecule has 0 aromatic heterocycles. The summed E-state index contributed by atoms with van der Waals surface area (Å²) in [5.74, 6) is 0. The molecule has 5 heteroatoms. The van der Waals surface area contributed by atoms with Crippen LogP contribution in [0.1, 0.15) is 59.8 Å². The Kier molecular flexibility index (Phi) is 6.11. The van der Waals surface area contributed by atoms with E-state index in [0.717, 1.165) is 32.1 Å². The maximum Gasteiger partial charge on any atom is 0.203 e. The van der Waals surface area contributed by atoms with E-state index in [1.54, 1.807) is 0 Å². The average molecular weight is 320 g/mol. The maximum atomic E-state index is 12.4. The molecule has 0 radical (unpaired) electrons. The molecule has 120 valence electrons. The Balaban J connectivity index is 2.58. The van der Waals surface area contributed by atoms with Gasteiger partial charge in [-0.25, -0.2) is 0 Å². The van der Waals surface area contributed by atoms with Gasteiger partial charge in [-0.15, -0.1) is 0 Å². The van der Waals surface area contributed by atoms with E-state index in [1.807, 2.05) is 0 Å². The van der Waals surface area contributed by atoms with E-state index in [2.05, 4.69) is 40.8 Å². The average Bonchev–Trinajstić information content (AvgIpc) is 2.73. The molecule has 1 N–H and O–H groups in total. The lowest BCUT2D eigenvalue weighted by Gasteiger charge is -2.38. The molecule has 20 heavy (non-hydrogen) atoms. The van der Waals surface area contributed by atoms with Gasteiger partial charge >= 0.3 is 0 Å². The summed E-state index contributed by atoms with van der Waals surface area (Å²) >= 11 is 0. The van der Waals surface area contributed by atoms with Crippen LogP contribution in [0, 0.1) is 0 Å². The molecule has 0 aromatic carbocycles. The summed E-state index contributed by atoms with van der Waals surface area (Å²) in [4.78, 5) is 10.2. The zero-order valence-electron chi connectivity index (χ0n) is 14.1. The fourth-order valence-corrected chi connectivity index (χ4v) is 6.20. The van der Waals surface area contributed by atoms with E-state index >= 15 is 0 Å². The summed E-state index contributed by atoms with van der Waals surface area (Å²) in [6.07, 6.45) is 5.12. The summed E-state index contributed by atoms with van der Waals surface area (Å²) in [6, 6.07) is 0. The Hall–Kier alpha value is 0.367. The van der Waals surface area contributed by atoms with Gasteiger partial charge in [0.15, 0.2) is 8.32 Å². The van der Waals surface area contributed by atoms with Crippen molar-refractivity contribution in [2.75, 3.05) is 6.16 Å². The van der Waals surface area contributed by atoms with Crippen LogP contribution in [-0.2, 0) is 8.99 Å². The second kappa shape index (κ2) is 6.64. The van der Waals surface area contributed by atoms with E-state index in [9.17, 15) is 9.46 Å². The zero-order valence-corrected chi connectivity index (χ0v) is 16.0. The molecule has 0 spiro atoms. The fourth-order valence-electron chi connectivity index (χ4n) is 2.55. The topological polar surface area (TPSA) is 46.5 Å². The first-order chi connectivity index (χ1) is 8.99. The van der Waals surface area contributed by atoms with E-state index in [0.29, 0.717) is 6.16 Å². The zero-order chi connectivity index (χ0) is 15.6. The quantitative estimate of drug-likeness (QED) is 0.553. The molecule has 1 rings (SSSR count). The number of unbranched alkanes of at least 4 members (excludes halogenated alkanes) is 1. The molecular formula is C15H33O3PSi. The van der Waals surface area contributed by atoms with Gasteiger partial charge in [0, 0.05) is 17.9 Å². The summed E-state index contributed by atoms with van der Waals surface area (Å²) in [7, 11) is -4.72. The number of hydrogen-bond acceptors (Lipinski definition) is 2. The molecule has 0 aromatic rings. The first kappa shape index (κ1) is 18.4. The highest BCUT2D eigenvalue weighted by Crippen LogP contribution is 2.54. The van der Waals surface area contributed by atoms with Crippen LogP contribution in [0.2, 0.25) is 18.1 Å². The summed E-state index contributed by atoms with van der Waals surface area (Å²) in [5, 5.41) is 0.205. The van der Waals surface area contributed by atoms with Crippen molar-refractivity contribution in [2.45, 2.75) is 89.7 Å². The first-order valence-electron chi connectivity index (χ1n) is 7.99. The minimum atomic E-state index is -2.96. The van der Waals surface area contributed by atoms with Crippen molar-refractivity contribution in [3.63, 3.8) is 0 Å². The molecule has 3 unspecified atom stereocenters. The summed E-state index contributed by atoms with van der Waals surface area (Å²) in [5.41, 5.74) is -0.0242. The highest BCUT2D eigenvalue weighted by atomic mass is 31.2. The third-order valence-electron chi connectivity index (χ3n) is 5.03. The summed E-state index contributed by atoms with van der Waals surface area (Å²) in [6.45, 7) is 13.3. The van der Waals surface area contributed by atoms with Crippen LogP contribution in [0.15, 0.2) is 0 Å². The Labute approximate surface area is 126 Å². The normalized spacial score (nSPS) is 27.6. The van der Waals surface area contributed by atoms with E-state index in [1.165, 1.54) is 0 Å². The Morgan fingerprint density at radius 2 is 1.90 bits per heavy atom. The van der Waals surface area contributed by atoms with Gasteiger partial charge in [0.2, 0.25) is 7.37 Å². The molecule has 3 atom stereocenters. The molecule has 1 saturated carbocycles. The van der Waals surface area contributed by atoms with Gasteiger partial charge in [0.1, 0.15) is 0 Å². The van der Waals surface area contributed by atoms with Gasteiger partial charge in [0.05, 0.1) is 0 Å². The van der Waals surface area contributed by atoms with Crippen molar-refractivity contribution >= 4 is 15.7 Å². The van der Waals surface area contributed by atoms with Crippen molar-refractivity contribution in [1.29, 1.82) is 0 Å². The van der Waals surface area contributed by atoms with Gasteiger partial charge < -0.3 is 9.32 Å². The Bertz CT molecular complexity index is 363. The smallest absolute Gasteiger partial charge is 0.203 e. The van der Waals surface area contributed by atoms with Crippen LogP contribution < -0.4 is 0 Å². The lowest BCUT2D eigenvalue weighted by Crippen LogP contribution is -2.43. The van der Waals surface area contributed by atoms with Crippen LogP contribution in [0.3, 0.4) is 0 Å². The molecule has 0 aliphatic heterocycles. The van der Waals surface area contributed by atoms with E-state index in [4.69, 9.17) is 4.43 Å². The van der Waals surface area contributed by atoms with Crippen LogP contribution in [0.4, 0.5) is 0 Å². The van der Waals surface area contributed by atoms with Crippen molar-refractivity contribution in [3.8, 4) is 0 Å². The van der Waals surface area contributed by atoms with Crippen molar-refractivity contribution in [3.05, 3.63) is 0 Å². The van der Waals surface area contributed by atoms with Crippen LogP contribution in [0.25, 0.3) is 0 Å². The molecule has 3 nitrogen and oxygen atoms in total. The van der Waals surface area contributed by atoms with Gasteiger partial charge in [-0.1, -0.05) is 34.1 Å². The van der Waals surface area contributed by atoms with Crippen LogP contribution >= 0.6 is 7.37 Å². The fraction of sp³-hybridized carbons (Fsp3) is 1.00. The number of hydrogen-bond donors (Lipinski definition) is 1. The molecule has 1 aliphatic carbocycles. The molecule has 0 saturated heterocycles. The predicted octanol–water partition coefficient (Wildman–Crippen LogP) is 5.00. The van der Waals surface area contributed by atoms with Gasteiger partial charge in [0.25, 0.3) is 0 Å². The van der Waals surface area contributed by atoms with Crippen molar-refractivity contribution < 1.29 is 13.9 Å². The standard InChI is InChI=1S/C15H33O3PSi/c1-7-8-11-19(16,17)14-10-9-13(12-14)18-20(5,6)15(2,3)4/h13-14H,7-12H2,1-6H3,(H,16,17). The number of rotatable bonds is 6. The van der Waals surface area contributed by atoms with E-state index < -0.39 is 15.7 Å². The molecule has 1 aliphatic rings. The SMILES string of the molecule is CCCCP(=O)(O)C1CCC(O[Si](C)(C)C(C)(C)C)C1. The van der Waals surface area contributed by atoms with Gasteiger partial charge in [-0.2, -0.15) is 0 Å². The molecule has 1 fully saturated rings. The molecule has 0 amide bonds. The predicted molar refractivity (Wildman–Crippen MR) is 89.3 cm³/mol. The Morgan fingerprint density at radius 1 is 1.30 bits per heavy atom. The first-order valence-corrected chi connectivity index (χ1v) is 12.8. The second-order valence-electron chi connectivity index (χ2n) is 7.80. The van der Waals surface area contributed by atoms with Crippen molar-refractivity contribution in [1.82, 2.24) is 0 Å². The Morgan fingerprint density at radius 3 is 2.40 bits per heavy atom. The summed E-state index contributed by atoms with van der Waals surface area (Å²) < 4.78 is 18.8. The third-order valence-corrected chi connectivity index (χ3v) is 12.1. The monoisotopic (exact) mass is 320 g/mol. The van der Waals surface area contributed by atoms with Gasteiger partial charge in [-0.05, 0) is 43.8 Å². The highest BCUT2D eigenvalue weighted by molar-refractivity contribution is 7.58. The molecule has 0 bridgehead atoms. The minimum Gasteiger partial charge on any atom is -0.414 e. The minimum absolute atomic E-state index is 0.0242. The van der Waals surface area contributed by atoms with Crippen LogP contribution in [0.5, 0.6) is 0 Å².